The number of benzene rings is 1. The Morgan fingerprint density at radius 1 is 0.758 bits per heavy atom. The van der Waals surface area contributed by atoms with Crippen LogP contribution in [0, 0.1) is 15.5 Å². The molecule has 3 rings (SSSR count). The number of rotatable bonds is 37. The minimum absolute atomic E-state index is 0.0168. The number of nitrogens with one attached hydrogen (secondary N) is 1. The number of phosphoric acid groups is 1. The average molecular weight is 925 g/mol. The van der Waals surface area contributed by atoms with E-state index in [1.807, 2.05) is 56.8 Å². The lowest BCUT2D eigenvalue weighted by Crippen LogP contribution is -2.42. The lowest BCUT2D eigenvalue weighted by Gasteiger charge is -2.41. The van der Waals surface area contributed by atoms with Gasteiger partial charge in [0.05, 0.1) is 49.9 Å². The van der Waals surface area contributed by atoms with Crippen LogP contribution < -0.4 is 14.7 Å². The van der Waals surface area contributed by atoms with Crippen molar-refractivity contribution in [2.24, 2.45) is 5.41 Å². The summed E-state index contributed by atoms with van der Waals surface area (Å²) in [4.78, 5) is 27.9. The van der Waals surface area contributed by atoms with E-state index >= 15 is 0 Å². The molecule has 62 heavy (non-hydrogen) atoms. The fourth-order valence-electron chi connectivity index (χ4n) is 7.33. The molecule has 2 atom stereocenters. The van der Waals surface area contributed by atoms with E-state index in [-0.39, 0.29) is 34.1 Å². The van der Waals surface area contributed by atoms with E-state index in [2.05, 4.69) is 24.1 Å². The van der Waals surface area contributed by atoms with E-state index in [4.69, 9.17) is 18.5 Å². The number of ether oxygens (including phenoxy) is 2. The van der Waals surface area contributed by atoms with Crippen molar-refractivity contribution in [2.75, 3.05) is 77.5 Å². The Morgan fingerprint density at radius 2 is 1.24 bits per heavy atom. The number of hydrogen-bond acceptors (Lipinski definition) is 12. The van der Waals surface area contributed by atoms with Gasteiger partial charge in [-0.3, -0.25) is 14.7 Å². The highest BCUT2D eigenvalue weighted by Crippen LogP contribution is 2.48. The highest BCUT2D eigenvalue weighted by Gasteiger charge is 2.40. The van der Waals surface area contributed by atoms with Gasteiger partial charge in [-0.2, -0.15) is 0 Å². The van der Waals surface area contributed by atoms with Gasteiger partial charge in [0.2, 0.25) is 0 Å². The molecule has 0 bridgehead atoms. The molecule has 2 aromatic rings. The van der Waals surface area contributed by atoms with Gasteiger partial charge >= 0.3 is 7.82 Å². The standard InChI is InChI=1S/C47H81N4O8PS2/c1-6-8-10-12-14-16-18-20-22-24-33-56-37-47(38-57-34-25-23-21-19-17-15-13-11-9-7-2)39-61-46(62-40-47)45(49-44-31-28-42(36-48-44)50(52)53)41-26-29-43(30-27-41)59-60(54,55)58-35-32-51(3,4)5/h26-31,36,45-46H,6-25,32-35,37-40H2,1-5H3,(H-,48,49,54,55). The van der Waals surface area contributed by atoms with Crippen LogP contribution in [-0.4, -0.2) is 91.2 Å². The maximum Gasteiger partial charge on any atom is 0.319 e. The first-order valence-electron chi connectivity index (χ1n) is 23.7. The monoisotopic (exact) mass is 925 g/mol. The lowest BCUT2D eigenvalue weighted by atomic mass is 9.95. The first kappa shape index (κ1) is 54.4. The molecular formula is C47H81N4O8PS2. The highest BCUT2D eigenvalue weighted by molar-refractivity contribution is 8.17. The Kier molecular flexibility index (Phi) is 27.3. The van der Waals surface area contributed by atoms with Gasteiger partial charge in [-0.05, 0) is 36.6 Å². The van der Waals surface area contributed by atoms with E-state index in [0.29, 0.717) is 30.1 Å². The Balaban J connectivity index is 1.63. The second-order valence-electron chi connectivity index (χ2n) is 18.2. The van der Waals surface area contributed by atoms with Crippen LogP contribution >= 0.6 is 31.3 Å². The molecule has 0 spiro atoms. The van der Waals surface area contributed by atoms with Gasteiger partial charge < -0.3 is 33.2 Å². The van der Waals surface area contributed by atoms with Crippen LogP contribution in [0.25, 0.3) is 0 Å². The number of pyridine rings is 1. The fraction of sp³-hybridized carbons (Fsp3) is 0.766. The van der Waals surface area contributed by atoms with Gasteiger partial charge in [-0.1, -0.05) is 142 Å². The number of phosphoric ester groups is 1. The van der Waals surface area contributed by atoms with Gasteiger partial charge in [0, 0.05) is 36.2 Å². The number of quaternary nitrogens is 1. The zero-order chi connectivity index (χ0) is 44.9. The van der Waals surface area contributed by atoms with Crippen LogP contribution in [0.1, 0.15) is 154 Å². The second kappa shape index (κ2) is 31.1. The minimum Gasteiger partial charge on any atom is -0.746 e. The van der Waals surface area contributed by atoms with Crippen molar-refractivity contribution in [3.05, 3.63) is 58.3 Å². The molecule has 2 heterocycles. The zero-order valence-corrected chi connectivity index (χ0v) is 41.4. The van der Waals surface area contributed by atoms with Crippen molar-refractivity contribution in [2.45, 2.75) is 153 Å². The number of nitrogens with zero attached hydrogens (tertiary/aromatic N) is 3. The minimum atomic E-state index is -4.57. The maximum absolute atomic E-state index is 12.6. The Labute approximate surface area is 383 Å². The second-order valence-corrected chi connectivity index (χ2v) is 22.1. The van der Waals surface area contributed by atoms with Crippen molar-refractivity contribution >= 4 is 42.9 Å². The van der Waals surface area contributed by atoms with Crippen LogP contribution in [0.3, 0.4) is 0 Å². The summed E-state index contributed by atoms with van der Waals surface area (Å²) >= 11 is 3.70. The summed E-state index contributed by atoms with van der Waals surface area (Å²) in [5.41, 5.74) is 0.676. The molecule has 1 aliphatic rings. The summed E-state index contributed by atoms with van der Waals surface area (Å²) < 4.78 is 36.5. The molecule has 0 saturated carbocycles. The SMILES string of the molecule is CCCCCCCCCCCCOCC1(COCCCCCCCCCCCC)CSC(C(Nc2ccc([N+](=O)[O-])cn2)c2ccc(OP(=O)([O-])OCC[N+](C)(C)C)cc2)SC1. The molecule has 12 nitrogen and oxygen atoms in total. The maximum atomic E-state index is 12.6. The van der Waals surface area contributed by atoms with E-state index < -0.39 is 12.7 Å². The molecule has 1 N–H and O–H groups in total. The Bertz CT molecular complexity index is 1480. The summed E-state index contributed by atoms with van der Waals surface area (Å²) in [5, 5.41) is 14.9. The van der Waals surface area contributed by atoms with Gasteiger partial charge in [0.25, 0.3) is 5.69 Å². The molecule has 0 aliphatic carbocycles. The quantitative estimate of drug-likeness (QED) is 0.0226. The fourth-order valence-corrected chi connectivity index (χ4v) is 11.4. The summed E-state index contributed by atoms with van der Waals surface area (Å²) in [5.74, 6) is 2.36. The molecule has 1 saturated heterocycles. The van der Waals surface area contributed by atoms with Crippen LogP contribution in [0.4, 0.5) is 11.5 Å². The predicted molar refractivity (Wildman–Crippen MR) is 257 cm³/mol. The first-order valence-corrected chi connectivity index (χ1v) is 27.2. The predicted octanol–water partition coefficient (Wildman–Crippen LogP) is 12.4. The van der Waals surface area contributed by atoms with E-state index in [1.54, 1.807) is 18.2 Å². The molecule has 0 amide bonds. The molecule has 15 heteroatoms. The molecule has 2 unspecified atom stereocenters. The summed E-state index contributed by atoms with van der Waals surface area (Å²) in [6, 6.07) is 9.76. The normalized spacial score (nSPS) is 15.9. The van der Waals surface area contributed by atoms with Crippen LogP contribution in [0.15, 0.2) is 42.6 Å². The Hall–Kier alpha value is -1.90. The third kappa shape index (κ3) is 23.9. The van der Waals surface area contributed by atoms with Crippen molar-refractivity contribution < 1.29 is 37.4 Å². The van der Waals surface area contributed by atoms with Gasteiger partial charge in [0.1, 0.15) is 30.9 Å². The van der Waals surface area contributed by atoms with Crippen LogP contribution in [0.2, 0.25) is 0 Å². The molecular weight excluding hydrogens is 844 g/mol. The summed E-state index contributed by atoms with van der Waals surface area (Å²) in [6.45, 7) is 7.87. The van der Waals surface area contributed by atoms with Gasteiger partial charge in [-0.15, -0.1) is 23.5 Å². The third-order valence-corrected chi connectivity index (χ3v) is 15.7. The number of unbranched alkanes of at least 4 members (excludes halogenated alkanes) is 18. The molecule has 1 fully saturated rings. The van der Waals surface area contributed by atoms with E-state index in [0.717, 1.165) is 43.1 Å². The van der Waals surface area contributed by atoms with Crippen LogP contribution in [0.5, 0.6) is 5.75 Å². The van der Waals surface area contributed by atoms with E-state index in [1.165, 1.54) is 128 Å². The number of likely N-dealkylation sites (N-methyl/N-ethyl adjacent to an activating group) is 1. The zero-order valence-electron chi connectivity index (χ0n) is 38.9. The number of anilines is 1. The Morgan fingerprint density at radius 3 is 1.68 bits per heavy atom. The smallest absolute Gasteiger partial charge is 0.319 e. The van der Waals surface area contributed by atoms with Crippen molar-refractivity contribution in [3.8, 4) is 5.75 Å². The van der Waals surface area contributed by atoms with E-state index in [9.17, 15) is 19.6 Å². The van der Waals surface area contributed by atoms with Crippen LogP contribution in [-0.2, 0) is 18.6 Å². The van der Waals surface area contributed by atoms with Crippen molar-refractivity contribution in [1.29, 1.82) is 0 Å². The van der Waals surface area contributed by atoms with Gasteiger partial charge in [-0.25, -0.2) is 4.98 Å². The number of aromatic nitrogens is 1. The lowest BCUT2D eigenvalue weighted by molar-refractivity contribution is -0.870. The third-order valence-electron chi connectivity index (χ3n) is 11.2. The summed E-state index contributed by atoms with van der Waals surface area (Å²) in [7, 11) is 1.30. The molecule has 1 aromatic heterocycles. The number of hydrogen-bond donors (Lipinski definition) is 1. The molecule has 1 aliphatic heterocycles. The highest BCUT2D eigenvalue weighted by atomic mass is 32.2. The summed E-state index contributed by atoms with van der Waals surface area (Å²) in [6.07, 6.45) is 27.1. The number of nitro groups is 1. The number of thioether (sulfide) groups is 2. The average Bonchev–Trinajstić information content (AvgIpc) is 3.24. The molecule has 0 radical (unpaired) electrons. The molecule has 354 valence electrons. The first-order chi connectivity index (χ1) is 29.9. The molecule has 1 aromatic carbocycles. The van der Waals surface area contributed by atoms with Crippen molar-refractivity contribution in [3.63, 3.8) is 0 Å². The van der Waals surface area contributed by atoms with Crippen molar-refractivity contribution in [1.82, 2.24) is 4.98 Å². The topological polar surface area (TPSA) is 145 Å². The van der Waals surface area contributed by atoms with Gasteiger partial charge in [0.15, 0.2) is 0 Å². The largest absolute Gasteiger partial charge is 0.746 e.